The lowest BCUT2D eigenvalue weighted by Gasteiger charge is -2.56. The molecular formula is C42H58N10O6. The fraction of sp³-hybridized carbons (Fsp3) is 0.595. The van der Waals surface area contributed by atoms with E-state index in [1.54, 1.807) is 62.4 Å². The predicted octanol–water partition coefficient (Wildman–Crippen LogP) is 5.15. The Morgan fingerprint density at radius 2 is 1.67 bits per heavy atom. The Morgan fingerprint density at radius 1 is 1.00 bits per heavy atom. The lowest BCUT2D eigenvalue weighted by molar-refractivity contribution is -0.130. The number of aryl methyl sites for hydroxylation is 3. The van der Waals surface area contributed by atoms with E-state index in [1.165, 1.54) is 38.5 Å². The van der Waals surface area contributed by atoms with Crippen LogP contribution in [0.4, 0.5) is 10.7 Å². The van der Waals surface area contributed by atoms with E-state index in [9.17, 15) is 19.5 Å². The summed E-state index contributed by atoms with van der Waals surface area (Å²) in [5, 5.41) is 23.5. The number of phenolic OH excluding ortho intramolecular Hbond substituents is 1. The SMILES string of the molecule is Cc1cc(O)cc(C)c1C[C@H](NC(=O)[C@@H](CCCn1ccnc1N)NC(=O)OC(C)(C)C)C(=O)N[C@@H](Cc1c[nH]cn1)c1nc(CC23CC4CC(CC(C4)C2)C3)no1. The van der Waals surface area contributed by atoms with Crippen LogP contribution >= 0.6 is 0 Å². The summed E-state index contributed by atoms with van der Waals surface area (Å²) in [5.41, 5.74) is 8.33. The molecule has 3 heterocycles. The first-order chi connectivity index (χ1) is 27.6. The number of anilines is 1. The number of phenols is 1. The number of benzene rings is 1. The molecule has 4 aliphatic carbocycles. The van der Waals surface area contributed by atoms with Gasteiger partial charge in [0.05, 0.1) is 12.0 Å². The number of aromatic amines is 1. The van der Waals surface area contributed by atoms with Crippen molar-refractivity contribution >= 4 is 23.9 Å². The van der Waals surface area contributed by atoms with Crippen molar-refractivity contribution in [2.45, 2.75) is 136 Å². The molecule has 16 heteroatoms. The molecule has 4 aromatic rings. The number of rotatable bonds is 16. The molecule has 0 radical (unpaired) electrons. The van der Waals surface area contributed by atoms with Gasteiger partial charge in [-0.25, -0.2) is 14.8 Å². The highest BCUT2D eigenvalue weighted by Crippen LogP contribution is 2.60. The van der Waals surface area contributed by atoms with E-state index in [1.807, 2.05) is 13.8 Å². The Balaban J connectivity index is 1.13. The Labute approximate surface area is 338 Å². The molecule has 1 aromatic carbocycles. The molecule has 4 bridgehead atoms. The smallest absolute Gasteiger partial charge is 0.408 e. The van der Waals surface area contributed by atoms with Crippen molar-refractivity contribution in [1.29, 1.82) is 0 Å². The van der Waals surface area contributed by atoms with Crippen LogP contribution in [0.5, 0.6) is 5.75 Å². The Bertz CT molecular complexity index is 2010. The first kappa shape index (κ1) is 40.8. The minimum absolute atomic E-state index is 0.0937. The van der Waals surface area contributed by atoms with Crippen LogP contribution in [0.15, 0.2) is 41.6 Å². The van der Waals surface area contributed by atoms with Crippen LogP contribution in [0.1, 0.15) is 112 Å². The fourth-order valence-electron chi connectivity index (χ4n) is 10.1. The molecule has 3 amide bonds. The Morgan fingerprint density at radius 3 is 2.28 bits per heavy atom. The van der Waals surface area contributed by atoms with Gasteiger partial charge in [-0.3, -0.25) is 9.59 Å². The predicted molar refractivity (Wildman–Crippen MR) is 214 cm³/mol. The van der Waals surface area contributed by atoms with Crippen LogP contribution in [-0.4, -0.2) is 70.4 Å². The van der Waals surface area contributed by atoms with Gasteiger partial charge >= 0.3 is 6.09 Å². The maximum absolute atomic E-state index is 14.6. The van der Waals surface area contributed by atoms with E-state index in [0.29, 0.717) is 30.4 Å². The first-order valence-electron chi connectivity index (χ1n) is 20.6. The molecule has 3 aromatic heterocycles. The standard InChI is InChI=1S/C42H58N10O6/c1-24-11-30(53)12-25(2)31(24)17-33(47-36(54)32(49-40(56)57-41(3,4)5)7-6-9-52-10-8-45-39(52)43)37(55)48-34(16-29-22-44-23-46-29)38-50-35(51-58-38)21-42-18-26-13-27(19-42)15-28(14-26)20-42/h8,10-12,22-23,26-28,32-34,53H,6-7,9,13-21H2,1-5H3,(H2,43,45)(H,44,46)(H,47,54)(H,48,55)(H,49,56)/t26?,27?,28?,32-,33+,34+,42?/m1/s1. The molecule has 0 spiro atoms. The molecule has 4 aliphatic rings. The normalized spacial score (nSPS) is 22.6. The van der Waals surface area contributed by atoms with Crippen LogP contribution < -0.4 is 21.7 Å². The molecule has 8 rings (SSSR count). The molecule has 4 fully saturated rings. The molecule has 0 aliphatic heterocycles. The van der Waals surface area contributed by atoms with Gasteiger partial charge in [0.25, 0.3) is 0 Å². The van der Waals surface area contributed by atoms with Crippen molar-refractivity contribution in [2.24, 2.45) is 23.2 Å². The van der Waals surface area contributed by atoms with E-state index in [4.69, 9.17) is 20.0 Å². The Hall–Kier alpha value is -5.41. The third kappa shape index (κ3) is 9.99. The number of nitrogen functional groups attached to an aromatic ring is 1. The lowest BCUT2D eigenvalue weighted by atomic mass is 9.49. The minimum Gasteiger partial charge on any atom is -0.508 e. The van der Waals surface area contributed by atoms with E-state index >= 15 is 0 Å². The summed E-state index contributed by atoms with van der Waals surface area (Å²) in [6, 6.07) is 0.319. The van der Waals surface area contributed by atoms with Gasteiger partial charge in [-0.1, -0.05) is 5.16 Å². The zero-order valence-electron chi connectivity index (χ0n) is 34.2. The lowest BCUT2D eigenvalue weighted by Crippen LogP contribution is -2.55. The third-order valence-electron chi connectivity index (χ3n) is 12.1. The van der Waals surface area contributed by atoms with Crippen LogP contribution in [0.25, 0.3) is 0 Å². The second-order valence-corrected chi connectivity index (χ2v) is 18.1. The average molecular weight is 799 g/mol. The molecule has 4 saturated carbocycles. The van der Waals surface area contributed by atoms with Gasteiger partial charge in [0, 0.05) is 44.4 Å². The zero-order chi connectivity index (χ0) is 41.2. The summed E-state index contributed by atoms with van der Waals surface area (Å²) in [5.74, 6) is 2.63. The van der Waals surface area contributed by atoms with E-state index < -0.39 is 41.6 Å². The maximum Gasteiger partial charge on any atom is 0.408 e. The number of nitrogens with two attached hydrogens (primary N) is 1. The number of aromatic hydroxyl groups is 1. The number of hydrogen-bond acceptors (Lipinski definition) is 11. The summed E-state index contributed by atoms with van der Waals surface area (Å²) >= 11 is 0. The van der Waals surface area contributed by atoms with Crippen molar-refractivity contribution in [3.8, 4) is 5.75 Å². The number of nitrogens with one attached hydrogen (secondary N) is 4. The summed E-state index contributed by atoms with van der Waals surface area (Å²) in [4.78, 5) is 58.2. The number of ether oxygens (including phenoxy) is 1. The molecule has 7 N–H and O–H groups in total. The molecule has 0 unspecified atom stereocenters. The summed E-state index contributed by atoms with van der Waals surface area (Å²) in [6.07, 6.45) is 15.3. The van der Waals surface area contributed by atoms with E-state index in [0.717, 1.165) is 40.9 Å². The number of alkyl carbamates (subject to hydrolysis) is 1. The van der Waals surface area contributed by atoms with E-state index in [-0.39, 0.29) is 36.3 Å². The third-order valence-corrected chi connectivity index (χ3v) is 12.1. The topological polar surface area (TPSA) is 228 Å². The maximum atomic E-state index is 14.6. The molecule has 58 heavy (non-hydrogen) atoms. The number of imidazole rings is 2. The van der Waals surface area contributed by atoms with Gasteiger partial charge in [-0.2, -0.15) is 4.98 Å². The average Bonchev–Trinajstić information content (AvgIpc) is 3.90. The van der Waals surface area contributed by atoms with Crippen molar-refractivity contribution in [1.82, 2.24) is 45.6 Å². The van der Waals surface area contributed by atoms with Crippen molar-refractivity contribution in [3.05, 3.63) is 71.1 Å². The van der Waals surface area contributed by atoms with Gasteiger partial charge < -0.3 is 45.6 Å². The number of carbonyl (C=O) groups excluding carboxylic acids is 3. The molecule has 312 valence electrons. The molecule has 0 saturated heterocycles. The Kier molecular flexibility index (Phi) is 11.8. The van der Waals surface area contributed by atoms with Gasteiger partial charge in [-0.15, -0.1) is 0 Å². The van der Waals surface area contributed by atoms with Gasteiger partial charge in [0.15, 0.2) is 11.8 Å². The number of H-pyrrole nitrogens is 1. The number of amides is 3. The van der Waals surface area contributed by atoms with Crippen LogP contribution in [0.2, 0.25) is 0 Å². The fourth-order valence-corrected chi connectivity index (χ4v) is 10.1. The minimum atomic E-state index is -1.11. The zero-order valence-corrected chi connectivity index (χ0v) is 34.2. The molecular weight excluding hydrogens is 741 g/mol. The highest BCUT2D eigenvalue weighted by Gasteiger charge is 2.51. The highest BCUT2D eigenvalue weighted by atomic mass is 16.6. The van der Waals surface area contributed by atoms with E-state index in [2.05, 4.69) is 36.1 Å². The van der Waals surface area contributed by atoms with Crippen LogP contribution in [0.3, 0.4) is 0 Å². The first-order valence-corrected chi connectivity index (χ1v) is 20.6. The number of nitrogens with zero attached hydrogens (tertiary/aromatic N) is 5. The van der Waals surface area contributed by atoms with Crippen molar-refractivity contribution < 1.29 is 28.8 Å². The molecule has 16 nitrogen and oxygen atoms in total. The van der Waals surface area contributed by atoms with Crippen molar-refractivity contribution in [2.75, 3.05) is 5.73 Å². The monoisotopic (exact) mass is 798 g/mol. The van der Waals surface area contributed by atoms with Crippen LogP contribution in [0, 0.1) is 37.0 Å². The second kappa shape index (κ2) is 16.8. The van der Waals surface area contributed by atoms with Gasteiger partial charge in [-0.05, 0) is 138 Å². The number of aromatic nitrogens is 6. The van der Waals surface area contributed by atoms with Crippen LogP contribution in [-0.2, 0) is 40.1 Å². The second-order valence-electron chi connectivity index (χ2n) is 18.1. The summed E-state index contributed by atoms with van der Waals surface area (Å²) in [6.45, 7) is 9.35. The summed E-state index contributed by atoms with van der Waals surface area (Å²) in [7, 11) is 0. The quantitative estimate of drug-likeness (QED) is 0.0868. The summed E-state index contributed by atoms with van der Waals surface area (Å²) < 4.78 is 13.2. The number of hydrogen-bond donors (Lipinski definition) is 6. The van der Waals surface area contributed by atoms with Gasteiger partial charge in [0.1, 0.15) is 29.5 Å². The van der Waals surface area contributed by atoms with Crippen molar-refractivity contribution in [3.63, 3.8) is 0 Å². The number of carbonyl (C=O) groups is 3. The van der Waals surface area contributed by atoms with Gasteiger partial charge in [0.2, 0.25) is 17.7 Å². The molecule has 3 atom stereocenters. The largest absolute Gasteiger partial charge is 0.508 e. The highest BCUT2D eigenvalue weighted by molar-refractivity contribution is 5.91.